The number of aromatic nitrogens is 1. The summed E-state index contributed by atoms with van der Waals surface area (Å²) in [7, 11) is 1.54. The molecule has 6 nitrogen and oxygen atoms in total. The summed E-state index contributed by atoms with van der Waals surface area (Å²) >= 11 is 0. The minimum Gasteiger partial charge on any atom is -0.462 e. The van der Waals surface area contributed by atoms with Crippen LogP contribution in [0.1, 0.15) is 60.0 Å². The molecule has 2 aromatic heterocycles. The number of carbonyl (C=O) groups is 2. The fourth-order valence-electron chi connectivity index (χ4n) is 4.04. The molecule has 1 N–H and O–H groups in total. The van der Waals surface area contributed by atoms with Crippen molar-refractivity contribution in [1.29, 1.82) is 0 Å². The number of amides is 1. The zero-order valence-corrected chi connectivity index (χ0v) is 21.4. The molecule has 190 valence electrons. The molecule has 37 heavy (non-hydrogen) atoms. The molecule has 0 aliphatic heterocycles. The molecule has 4 aromatic rings. The Kier molecular flexibility index (Phi) is 7.82. The summed E-state index contributed by atoms with van der Waals surface area (Å²) in [6, 6.07) is 14.8. The normalized spacial score (nSPS) is 11.5. The minimum atomic E-state index is -0.388. The third-order valence-corrected chi connectivity index (χ3v) is 6.19. The van der Waals surface area contributed by atoms with E-state index in [0.29, 0.717) is 40.1 Å². The number of allylic oxidation sites excluding steroid dienone is 2. The molecule has 0 spiro atoms. The number of furan rings is 1. The second-order valence-corrected chi connectivity index (χ2v) is 8.67. The van der Waals surface area contributed by atoms with Gasteiger partial charge in [0.25, 0.3) is 5.91 Å². The van der Waals surface area contributed by atoms with E-state index < -0.39 is 0 Å². The van der Waals surface area contributed by atoms with Crippen molar-refractivity contribution in [2.45, 2.75) is 33.6 Å². The summed E-state index contributed by atoms with van der Waals surface area (Å²) in [5.74, 6) is -0.826. The van der Waals surface area contributed by atoms with E-state index in [-0.39, 0.29) is 23.4 Å². The van der Waals surface area contributed by atoms with E-state index in [2.05, 4.69) is 5.32 Å². The fourth-order valence-corrected chi connectivity index (χ4v) is 4.04. The molecule has 4 rings (SSSR count). The smallest absolute Gasteiger partial charge is 0.338 e. The highest BCUT2D eigenvalue weighted by Gasteiger charge is 2.25. The third kappa shape index (κ3) is 5.31. The molecule has 0 unspecified atom stereocenters. The molecule has 0 bridgehead atoms. The molecule has 0 aliphatic carbocycles. The van der Waals surface area contributed by atoms with Crippen molar-refractivity contribution in [2.24, 2.45) is 0 Å². The minimum absolute atomic E-state index is 0.285. The van der Waals surface area contributed by atoms with Crippen LogP contribution in [0.4, 0.5) is 4.39 Å². The van der Waals surface area contributed by atoms with Crippen LogP contribution in [0.15, 0.2) is 65.1 Å². The lowest BCUT2D eigenvalue weighted by Gasteiger charge is -2.11. The lowest BCUT2D eigenvalue weighted by Crippen LogP contribution is -2.18. The van der Waals surface area contributed by atoms with Crippen molar-refractivity contribution in [3.63, 3.8) is 0 Å². The Labute approximate surface area is 215 Å². The monoisotopic (exact) mass is 500 g/mol. The van der Waals surface area contributed by atoms with Gasteiger partial charge in [-0.25, -0.2) is 14.2 Å². The van der Waals surface area contributed by atoms with Gasteiger partial charge in [-0.05, 0) is 73.9 Å². The fraction of sp³-hybridized carbons (Fsp3) is 0.233. The molecule has 2 heterocycles. The highest BCUT2D eigenvalue weighted by atomic mass is 19.1. The van der Waals surface area contributed by atoms with E-state index in [4.69, 9.17) is 14.1 Å². The number of nitrogens with one attached hydrogen (secondary N) is 1. The summed E-state index contributed by atoms with van der Waals surface area (Å²) in [6.45, 7) is 6.25. The van der Waals surface area contributed by atoms with Crippen LogP contribution >= 0.6 is 0 Å². The highest BCUT2D eigenvalue weighted by Crippen LogP contribution is 2.38. The van der Waals surface area contributed by atoms with Crippen LogP contribution < -0.4 is 5.32 Å². The van der Waals surface area contributed by atoms with Gasteiger partial charge in [0.2, 0.25) is 5.71 Å². The van der Waals surface area contributed by atoms with Gasteiger partial charge in [0.05, 0.1) is 28.8 Å². The second-order valence-electron chi connectivity index (χ2n) is 8.67. The maximum Gasteiger partial charge on any atom is 0.338 e. The first-order chi connectivity index (χ1) is 17.9. The Morgan fingerprint density at radius 2 is 1.86 bits per heavy atom. The van der Waals surface area contributed by atoms with E-state index in [1.54, 1.807) is 30.3 Å². The van der Waals surface area contributed by atoms with Gasteiger partial charge in [-0.1, -0.05) is 31.6 Å². The van der Waals surface area contributed by atoms with Crippen molar-refractivity contribution in [3.05, 3.63) is 83.3 Å². The van der Waals surface area contributed by atoms with Crippen molar-refractivity contribution < 1.29 is 23.1 Å². The molecular weight excluding hydrogens is 471 g/mol. The largest absolute Gasteiger partial charge is 0.462 e. The molecule has 0 radical (unpaired) electrons. The van der Waals surface area contributed by atoms with Crippen LogP contribution in [0, 0.1) is 5.82 Å². The van der Waals surface area contributed by atoms with Gasteiger partial charge in [0.15, 0.2) is 0 Å². The Morgan fingerprint density at radius 1 is 1.11 bits per heavy atom. The van der Waals surface area contributed by atoms with Crippen LogP contribution in [0.3, 0.4) is 0 Å². The maximum atomic E-state index is 13.6. The summed E-state index contributed by atoms with van der Waals surface area (Å²) in [5.41, 5.74) is 4.63. The predicted octanol–water partition coefficient (Wildman–Crippen LogP) is 7.04. The van der Waals surface area contributed by atoms with Crippen LogP contribution in [-0.4, -0.2) is 30.5 Å². The number of hydrogen-bond acceptors (Lipinski definition) is 5. The highest BCUT2D eigenvalue weighted by molar-refractivity contribution is 6.11. The first-order valence-corrected chi connectivity index (χ1v) is 12.2. The Hall–Kier alpha value is -4.26. The van der Waals surface area contributed by atoms with Crippen molar-refractivity contribution >= 4 is 28.5 Å². The topological polar surface area (TPSA) is 81.4 Å². The van der Waals surface area contributed by atoms with Gasteiger partial charge in [-0.2, -0.15) is 0 Å². The van der Waals surface area contributed by atoms with Crippen LogP contribution in [0.25, 0.3) is 39.1 Å². The van der Waals surface area contributed by atoms with E-state index in [0.717, 1.165) is 29.5 Å². The standard InChI is InChI=1S/C30H29FN2O4/c1-5-7-15-36-30(35)21-10-8-9-20(16-21)23-17-24-25(28(34)32-4)27(19-11-13-22(31)14-12-19)37-29(24)33-26(23)18(3)6-2/h6,8-14,16-17H,5,7,15H2,1-4H3,(H,32,34)/b18-6-. The average molecular weight is 501 g/mol. The van der Waals surface area contributed by atoms with Crippen molar-refractivity contribution in [2.75, 3.05) is 13.7 Å². The van der Waals surface area contributed by atoms with Gasteiger partial charge >= 0.3 is 5.97 Å². The lowest BCUT2D eigenvalue weighted by atomic mass is 9.96. The number of esters is 1. The summed E-state index contributed by atoms with van der Waals surface area (Å²) < 4.78 is 25.1. The SMILES string of the molecule is C/C=C(/C)c1nc2oc(-c3ccc(F)cc3)c(C(=O)NC)c2cc1-c1cccc(C(=O)OCCCC)c1. The van der Waals surface area contributed by atoms with E-state index >= 15 is 0 Å². The number of rotatable bonds is 8. The molecule has 0 fully saturated rings. The first kappa shape index (κ1) is 25.8. The molecule has 0 saturated heterocycles. The summed E-state index contributed by atoms with van der Waals surface area (Å²) in [4.78, 5) is 30.4. The Balaban J connectivity index is 1.93. The number of pyridine rings is 1. The molecule has 2 aromatic carbocycles. The summed E-state index contributed by atoms with van der Waals surface area (Å²) in [6.07, 6.45) is 3.67. The number of benzene rings is 2. The zero-order chi connectivity index (χ0) is 26.5. The van der Waals surface area contributed by atoms with Gasteiger partial charge in [0, 0.05) is 18.2 Å². The van der Waals surface area contributed by atoms with Gasteiger partial charge in [0.1, 0.15) is 11.6 Å². The van der Waals surface area contributed by atoms with E-state index in [9.17, 15) is 14.0 Å². The zero-order valence-electron chi connectivity index (χ0n) is 21.4. The van der Waals surface area contributed by atoms with Gasteiger partial charge in [-0.3, -0.25) is 4.79 Å². The molecule has 7 heteroatoms. The lowest BCUT2D eigenvalue weighted by molar-refractivity contribution is 0.0499. The molecule has 0 saturated carbocycles. The molecular formula is C30H29FN2O4. The molecule has 1 amide bonds. The maximum absolute atomic E-state index is 13.6. The number of nitrogens with zero attached hydrogens (tertiary/aromatic N) is 1. The Bertz CT molecular complexity index is 1490. The number of hydrogen-bond donors (Lipinski definition) is 1. The average Bonchev–Trinajstić information content (AvgIpc) is 3.30. The first-order valence-electron chi connectivity index (χ1n) is 12.2. The third-order valence-electron chi connectivity index (χ3n) is 6.19. The molecule has 0 aliphatic rings. The van der Waals surface area contributed by atoms with Gasteiger partial charge in [-0.15, -0.1) is 0 Å². The number of carbonyl (C=O) groups excluding carboxylic acids is 2. The number of halogens is 1. The van der Waals surface area contributed by atoms with Crippen molar-refractivity contribution in [1.82, 2.24) is 10.3 Å². The number of unbranched alkanes of at least 4 members (excludes halogenated alkanes) is 1. The van der Waals surface area contributed by atoms with Crippen molar-refractivity contribution in [3.8, 4) is 22.5 Å². The number of ether oxygens (including phenoxy) is 1. The van der Waals surface area contributed by atoms with Crippen LogP contribution in [-0.2, 0) is 4.74 Å². The van der Waals surface area contributed by atoms with E-state index in [1.807, 2.05) is 39.0 Å². The molecule has 0 atom stereocenters. The van der Waals surface area contributed by atoms with Crippen LogP contribution in [0.5, 0.6) is 0 Å². The number of fused-ring (bicyclic) bond motifs is 1. The Morgan fingerprint density at radius 3 is 2.54 bits per heavy atom. The predicted molar refractivity (Wildman–Crippen MR) is 143 cm³/mol. The second kappa shape index (κ2) is 11.2. The van der Waals surface area contributed by atoms with Crippen LogP contribution in [0.2, 0.25) is 0 Å². The van der Waals surface area contributed by atoms with E-state index in [1.165, 1.54) is 19.2 Å². The summed E-state index contributed by atoms with van der Waals surface area (Å²) in [5, 5.41) is 3.18. The quantitative estimate of drug-likeness (QED) is 0.207. The van der Waals surface area contributed by atoms with Gasteiger partial charge < -0.3 is 14.5 Å².